The molecule has 0 N–H and O–H groups in total. The monoisotopic (exact) mass is 278 g/mol. The van der Waals surface area contributed by atoms with Crippen molar-refractivity contribution < 1.29 is 13.9 Å². The van der Waals surface area contributed by atoms with Crippen LogP contribution in [0.1, 0.15) is 10.4 Å². The number of rotatable bonds is 1. The minimum atomic E-state index is -0.460. The molecule has 2 aromatic heterocycles. The van der Waals surface area contributed by atoms with Crippen molar-refractivity contribution in [2.24, 2.45) is 0 Å². The summed E-state index contributed by atoms with van der Waals surface area (Å²) < 4.78 is 19.8. The average Bonchev–Trinajstić information content (AvgIpc) is 2.80. The molecule has 3 rings (SSSR count). The fourth-order valence-corrected chi connectivity index (χ4v) is 2.30. The summed E-state index contributed by atoms with van der Waals surface area (Å²) in [6.07, 6.45) is 1.57. The fourth-order valence-electron chi connectivity index (χ4n) is 2.03. The number of hydrogen-bond acceptors (Lipinski definition) is 3. The van der Waals surface area contributed by atoms with Crippen LogP contribution in [0.15, 0.2) is 30.5 Å². The Morgan fingerprint density at radius 3 is 2.95 bits per heavy atom. The first-order valence-electron chi connectivity index (χ1n) is 5.46. The lowest BCUT2D eigenvalue weighted by molar-refractivity contribution is 0.0601. The molecule has 0 radical (unpaired) electrons. The molecule has 19 heavy (non-hydrogen) atoms. The first kappa shape index (κ1) is 11.9. The maximum Gasteiger partial charge on any atom is 0.337 e. The van der Waals surface area contributed by atoms with Gasteiger partial charge in [-0.3, -0.25) is 0 Å². The van der Waals surface area contributed by atoms with Crippen molar-refractivity contribution in [3.05, 3.63) is 47.0 Å². The second-order valence-corrected chi connectivity index (χ2v) is 4.34. The van der Waals surface area contributed by atoms with Crippen LogP contribution in [0.2, 0.25) is 5.15 Å². The minimum Gasteiger partial charge on any atom is -0.465 e. The van der Waals surface area contributed by atoms with Crippen LogP contribution in [0.5, 0.6) is 0 Å². The number of esters is 1. The van der Waals surface area contributed by atoms with Crippen molar-refractivity contribution in [3.8, 4) is 0 Å². The summed E-state index contributed by atoms with van der Waals surface area (Å²) in [4.78, 5) is 15.6. The van der Waals surface area contributed by atoms with Gasteiger partial charge in [-0.1, -0.05) is 11.6 Å². The van der Waals surface area contributed by atoms with Gasteiger partial charge < -0.3 is 9.14 Å². The Hall–Kier alpha value is -2.14. The summed E-state index contributed by atoms with van der Waals surface area (Å²) in [6, 6.07) is 6.15. The first-order chi connectivity index (χ1) is 9.11. The molecule has 0 aliphatic rings. The molecule has 0 amide bonds. The summed E-state index contributed by atoms with van der Waals surface area (Å²) in [5.74, 6) is -0.893. The third kappa shape index (κ3) is 1.74. The summed E-state index contributed by atoms with van der Waals surface area (Å²) in [5, 5.41) is 0.0528. The molecule has 6 heteroatoms. The van der Waals surface area contributed by atoms with Gasteiger partial charge in [-0.25, -0.2) is 14.2 Å². The number of ether oxygens (including phenoxy) is 1. The maximum absolute atomic E-state index is 13.6. The highest BCUT2D eigenvalue weighted by atomic mass is 35.5. The third-order valence-electron chi connectivity index (χ3n) is 2.91. The van der Waals surface area contributed by atoms with E-state index in [1.807, 2.05) is 0 Å². The van der Waals surface area contributed by atoms with E-state index in [9.17, 15) is 9.18 Å². The maximum atomic E-state index is 13.6. The number of halogens is 2. The van der Waals surface area contributed by atoms with E-state index in [2.05, 4.69) is 9.72 Å². The molecule has 0 aliphatic heterocycles. The van der Waals surface area contributed by atoms with Crippen LogP contribution in [0, 0.1) is 5.82 Å². The van der Waals surface area contributed by atoms with E-state index < -0.39 is 11.8 Å². The molecule has 0 saturated heterocycles. The van der Waals surface area contributed by atoms with E-state index in [1.165, 1.54) is 13.2 Å². The molecule has 0 aliphatic carbocycles. The highest BCUT2D eigenvalue weighted by molar-refractivity contribution is 6.33. The number of methoxy groups -OCH3 is 1. The Morgan fingerprint density at radius 1 is 1.42 bits per heavy atom. The van der Waals surface area contributed by atoms with Gasteiger partial charge in [0, 0.05) is 6.20 Å². The van der Waals surface area contributed by atoms with Gasteiger partial charge in [0.1, 0.15) is 5.52 Å². The molecule has 0 spiro atoms. The van der Waals surface area contributed by atoms with Crippen molar-refractivity contribution in [2.45, 2.75) is 0 Å². The van der Waals surface area contributed by atoms with E-state index in [1.54, 1.807) is 28.8 Å². The number of hydrogen-bond donors (Lipinski definition) is 0. The zero-order valence-electron chi connectivity index (χ0n) is 9.85. The summed E-state index contributed by atoms with van der Waals surface area (Å²) in [7, 11) is 1.30. The van der Waals surface area contributed by atoms with Gasteiger partial charge in [-0.05, 0) is 24.3 Å². The lowest BCUT2D eigenvalue weighted by atomic mass is 10.2. The Bertz CT molecular complexity index is 813. The Kier molecular flexibility index (Phi) is 2.64. The Balaban J connectivity index is 2.37. The number of carbonyl (C=O) groups excluding carboxylic acids is 1. The quantitative estimate of drug-likeness (QED) is 0.643. The fraction of sp³-hybridized carbons (Fsp3) is 0.0769. The topological polar surface area (TPSA) is 43.6 Å². The Morgan fingerprint density at radius 2 is 2.21 bits per heavy atom. The lowest BCUT2D eigenvalue weighted by Crippen LogP contribution is -2.02. The van der Waals surface area contributed by atoms with Crippen molar-refractivity contribution in [1.82, 2.24) is 9.38 Å². The molecule has 4 nitrogen and oxygen atoms in total. The standard InChI is InChI=1S/C13H8ClFN2O2/c1-19-13(18)7-2-3-10-9(6-7)16-12(14)11-8(15)4-5-17(10)11/h2-6H,1H3. The van der Waals surface area contributed by atoms with Crippen LogP contribution in [-0.2, 0) is 4.74 Å². The number of nitrogens with zero attached hydrogens (tertiary/aromatic N) is 2. The van der Waals surface area contributed by atoms with Gasteiger partial charge in [-0.15, -0.1) is 0 Å². The highest BCUT2D eigenvalue weighted by Crippen LogP contribution is 2.25. The van der Waals surface area contributed by atoms with Crippen LogP contribution in [0.25, 0.3) is 16.6 Å². The van der Waals surface area contributed by atoms with E-state index in [0.29, 0.717) is 16.6 Å². The number of carbonyl (C=O) groups is 1. The van der Waals surface area contributed by atoms with E-state index in [-0.39, 0.29) is 10.7 Å². The van der Waals surface area contributed by atoms with Gasteiger partial charge in [0.25, 0.3) is 0 Å². The molecule has 1 aromatic carbocycles. The largest absolute Gasteiger partial charge is 0.465 e. The molecule has 2 heterocycles. The molecular weight excluding hydrogens is 271 g/mol. The SMILES string of the molecule is COC(=O)c1ccc2c(c1)nc(Cl)c1c(F)ccn12. The average molecular weight is 279 g/mol. The van der Waals surface area contributed by atoms with E-state index in [0.717, 1.165) is 0 Å². The zero-order valence-corrected chi connectivity index (χ0v) is 10.6. The van der Waals surface area contributed by atoms with Gasteiger partial charge in [-0.2, -0.15) is 0 Å². The van der Waals surface area contributed by atoms with Crippen LogP contribution in [0.3, 0.4) is 0 Å². The second-order valence-electron chi connectivity index (χ2n) is 3.98. The minimum absolute atomic E-state index is 0.0528. The van der Waals surface area contributed by atoms with E-state index in [4.69, 9.17) is 11.6 Å². The molecular formula is C13H8ClFN2O2. The van der Waals surface area contributed by atoms with Gasteiger partial charge in [0.05, 0.1) is 23.7 Å². The van der Waals surface area contributed by atoms with Crippen LogP contribution in [-0.4, -0.2) is 22.5 Å². The van der Waals surface area contributed by atoms with Crippen molar-refractivity contribution in [3.63, 3.8) is 0 Å². The number of aromatic nitrogens is 2. The molecule has 0 unspecified atom stereocenters. The highest BCUT2D eigenvalue weighted by Gasteiger charge is 2.13. The predicted molar refractivity (Wildman–Crippen MR) is 69.0 cm³/mol. The molecule has 0 atom stereocenters. The van der Waals surface area contributed by atoms with Crippen LogP contribution >= 0.6 is 11.6 Å². The predicted octanol–water partition coefficient (Wildman–Crippen LogP) is 3.07. The molecule has 0 bridgehead atoms. The molecule has 3 aromatic rings. The smallest absolute Gasteiger partial charge is 0.337 e. The van der Waals surface area contributed by atoms with Gasteiger partial charge in [0.2, 0.25) is 0 Å². The molecule has 0 saturated carbocycles. The summed E-state index contributed by atoms with van der Waals surface area (Å²) >= 11 is 5.96. The second kappa shape index (κ2) is 4.20. The number of benzene rings is 1. The Labute approximate surface area is 112 Å². The van der Waals surface area contributed by atoms with Gasteiger partial charge in [0.15, 0.2) is 11.0 Å². The number of fused-ring (bicyclic) bond motifs is 3. The lowest BCUT2D eigenvalue weighted by Gasteiger charge is -2.06. The first-order valence-corrected chi connectivity index (χ1v) is 5.84. The molecule has 96 valence electrons. The zero-order chi connectivity index (χ0) is 13.6. The summed E-state index contributed by atoms with van der Waals surface area (Å²) in [5.41, 5.74) is 1.75. The van der Waals surface area contributed by atoms with Gasteiger partial charge >= 0.3 is 5.97 Å². The third-order valence-corrected chi connectivity index (χ3v) is 3.17. The van der Waals surface area contributed by atoms with E-state index >= 15 is 0 Å². The van der Waals surface area contributed by atoms with Crippen LogP contribution in [0.4, 0.5) is 4.39 Å². The summed E-state index contributed by atoms with van der Waals surface area (Å²) in [6.45, 7) is 0. The van der Waals surface area contributed by atoms with Crippen molar-refractivity contribution in [2.75, 3.05) is 7.11 Å². The normalized spacial score (nSPS) is 11.1. The van der Waals surface area contributed by atoms with Crippen molar-refractivity contribution in [1.29, 1.82) is 0 Å². The van der Waals surface area contributed by atoms with Crippen molar-refractivity contribution >= 4 is 34.1 Å². The molecule has 0 fully saturated rings. The van der Waals surface area contributed by atoms with Crippen LogP contribution < -0.4 is 0 Å².